The maximum atomic E-state index is 9.75. The highest BCUT2D eigenvalue weighted by atomic mass is 19.5. The van der Waals surface area contributed by atoms with Gasteiger partial charge in [0.15, 0.2) is 0 Å². The number of halogens is 4. The average molecular weight is 308 g/mol. The molecule has 0 N–H and O–H groups in total. The van der Waals surface area contributed by atoms with Crippen LogP contribution in [0.5, 0.6) is 0 Å². The second-order valence-corrected chi connectivity index (χ2v) is 4.90. The minimum atomic E-state index is -6.00. The van der Waals surface area contributed by atoms with Gasteiger partial charge in [0, 0.05) is 0 Å². The molecule has 21 heavy (non-hydrogen) atoms. The van der Waals surface area contributed by atoms with Gasteiger partial charge in [-0.3, -0.25) is 0 Å². The fourth-order valence-corrected chi connectivity index (χ4v) is 1.90. The third kappa shape index (κ3) is 14.9. The van der Waals surface area contributed by atoms with Crippen LogP contribution in [0.4, 0.5) is 17.3 Å². The summed E-state index contributed by atoms with van der Waals surface area (Å²) in [5.74, 6) is 0. The van der Waals surface area contributed by atoms with Crippen LogP contribution in [0.15, 0.2) is 31.4 Å². The Kier molecular flexibility index (Phi) is 10.7. The van der Waals surface area contributed by atoms with Crippen LogP contribution in [0.3, 0.4) is 0 Å². The summed E-state index contributed by atoms with van der Waals surface area (Å²) in [4.78, 5) is 0. The monoisotopic (exact) mass is 308 g/mol. The van der Waals surface area contributed by atoms with Gasteiger partial charge in [-0.15, -0.1) is 0 Å². The number of hydrogen-bond donors (Lipinski definition) is 0. The van der Waals surface area contributed by atoms with Gasteiger partial charge < -0.3 is 17.3 Å². The van der Waals surface area contributed by atoms with Crippen molar-refractivity contribution in [3.05, 3.63) is 31.4 Å². The molecule has 0 aliphatic heterocycles. The Labute approximate surface area is 124 Å². The number of unbranched alkanes of at least 4 members (excludes halogenated alkanes) is 5. The molecule has 0 spiro atoms. The Balaban J connectivity index is 0.000000690. The van der Waals surface area contributed by atoms with Crippen molar-refractivity contribution < 1.29 is 21.8 Å². The Hall–Kier alpha value is -1.27. The summed E-state index contributed by atoms with van der Waals surface area (Å²) >= 11 is 0. The lowest BCUT2D eigenvalue weighted by molar-refractivity contribution is -0.696. The molecule has 0 bridgehead atoms. The SMILES string of the molecule is C=CCn1cc[n+](CCCCCCCC)c1.F[B-](F)(F)F. The minimum absolute atomic E-state index is 0.906. The standard InChI is InChI=1S/C14H25N2.BF4/c1-3-5-6-7-8-9-11-16-13-12-15(14-16)10-4-2;2-1(3,4)5/h4,12-14H,2-3,5-11H2,1H3;/q+1;-1. The molecule has 1 heterocycles. The van der Waals surface area contributed by atoms with E-state index in [1.807, 2.05) is 6.08 Å². The van der Waals surface area contributed by atoms with Gasteiger partial charge in [-0.2, -0.15) is 0 Å². The van der Waals surface area contributed by atoms with Gasteiger partial charge in [0.2, 0.25) is 6.33 Å². The second kappa shape index (κ2) is 11.4. The van der Waals surface area contributed by atoms with E-state index < -0.39 is 7.25 Å². The van der Waals surface area contributed by atoms with Crippen LogP contribution in [-0.2, 0) is 13.1 Å². The van der Waals surface area contributed by atoms with Crippen molar-refractivity contribution in [1.82, 2.24) is 4.57 Å². The molecule has 122 valence electrons. The van der Waals surface area contributed by atoms with Gasteiger partial charge >= 0.3 is 7.25 Å². The summed E-state index contributed by atoms with van der Waals surface area (Å²) in [7, 11) is -6.00. The Morgan fingerprint density at radius 2 is 1.67 bits per heavy atom. The van der Waals surface area contributed by atoms with Gasteiger partial charge in [-0.25, -0.2) is 9.13 Å². The fraction of sp³-hybridized carbons (Fsp3) is 0.643. The van der Waals surface area contributed by atoms with Crippen molar-refractivity contribution in [2.45, 2.75) is 58.5 Å². The Morgan fingerprint density at radius 3 is 2.24 bits per heavy atom. The maximum absolute atomic E-state index is 9.75. The van der Waals surface area contributed by atoms with Crippen LogP contribution < -0.4 is 4.57 Å². The zero-order chi connectivity index (χ0) is 16.1. The summed E-state index contributed by atoms with van der Waals surface area (Å²) in [6.45, 7) is 8.06. The van der Waals surface area contributed by atoms with E-state index in [0.717, 1.165) is 13.1 Å². The van der Waals surface area contributed by atoms with Crippen LogP contribution >= 0.6 is 0 Å². The largest absolute Gasteiger partial charge is 0.673 e. The molecule has 2 nitrogen and oxygen atoms in total. The first-order chi connectivity index (χ1) is 9.86. The summed E-state index contributed by atoms with van der Waals surface area (Å²) < 4.78 is 43.4. The molecule has 0 unspecified atom stereocenters. The van der Waals surface area contributed by atoms with Gasteiger partial charge in [0.1, 0.15) is 18.9 Å². The van der Waals surface area contributed by atoms with Crippen molar-refractivity contribution in [2.75, 3.05) is 0 Å². The first-order valence-electron chi connectivity index (χ1n) is 7.40. The van der Waals surface area contributed by atoms with Crippen molar-refractivity contribution in [3.8, 4) is 0 Å². The normalized spacial score (nSPS) is 10.9. The Bertz CT molecular complexity index is 371. The number of rotatable bonds is 9. The van der Waals surface area contributed by atoms with Gasteiger partial charge in [-0.05, 0) is 12.8 Å². The molecule has 0 radical (unpaired) electrons. The van der Waals surface area contributed by atoms with Gasteiger partial charge in [0.05, 0.1) is 6.54 Å². The number of aromatic nitrogens is 2. The van der Waals surface area contributed by atoms with E-state index in [9.17, 15) is 17.3 Å². The van der Waals surface area contributed by atoms with Crippen molar-refractivity contribution in [3.63, 3.8) is 0 Å². The highest BCUT2D eigenvalue weighted by Gasteiger charge is 2.20. The lowest BCUT2D eigenvalue weighted by atomic mass is 10.1. The quantitative estimate of drug-likeness (QED) is 0.207. The molecule has 0 aliphatic carbocycles. The number of hydrogen-bond acceptors (Lipinski definition) is 0. The van der Waals surface area contributed by atoms with Crippen LogP contribution in [0.2, 0.25) is 0 Å². The minimum Gasteiger partial charge on any atom is -0.418 e. The lowest BCUT2D eigenvalue weighted by Crippen LogP contribution is -2.30. The van der Waals surface area contributed by atoms with E-state index in [0.29, 0.717) is 0 Å². The van der Waals surface area contributed by atoms with E-state index in [2.05, 4.69) is 41.4 Å². The molecule has 1 aromatic heterocycles. The van der Waals surface area contributed by atoms with E-state index >= 15 is 0 Å². The predicted molar refractivity (Wildman–Crippen MR) is 78.4 cm³/mol. The van der Waals surface area contributed by atoms with Gasteiger partial charge in [-0.1, -0.05) is 45.3 Å². The topological polar surface area (TPSA) is 8.81 Å². The summed E-state index contributed by atoms with van der Waals surface area (Å²) in [6, 6.07) is 0. The molecular weight excluding hydrogens is 283 g/mol. The average Bonchev–Trinajstić information content (AvgIpc) is 2.80. The lowest BCUT2D eigenvalue weighted by Gasteiger charge is -1.98. The zero-order valence-electron chi connectivity index (χ0n) is 12.7. The molecule has 0 aliphatic rings. The third-order valence-corrected chi connectivity index (χ3v) is 2.86. The molecule has 1 aromatic rings. The molecule has 1 rings (SSSR count). The summed E-state index contributed by atoms with van der Waals surface area (Å²) in [6.07, 6.45) is 16.5. The van der Waals surface area contributed by atoms with E-state index in [-0.39, 0.29) is 0 Å². The van der Waals surface area contributed by atoms with Crippen LogP contribution in [0, 0.1) is 0 Å². The van der Waals surface area contributed by atoms with Crippen LogP contribution in [0.25, 0.3) is 0 Å². The van der Waals surface area contributed by atoms with E-state index in [1.165, 1.54) is 38.5 Å². The van der Waals surface area contributed by atoms with Crippen molar-refractivity contribution >= 4 is 7.25 Å². The molecule has 7 heteroatoms. The molecule has 0 atom stereocenters. The number of nitrogens with zero attached hydrogens (tertiary/aromatic N) is 2. The Morgan fingerprint density at radius 1 is 1.10 bits per heavy atom. The zero-order valence-corrected chi connectivity index (χ0v) is 12.7. The predicted octanol–water partition coefficient (Wildman–Crippen LogP) is 4.62. The van der Waals surface area contributed by atoms with Crippen LogP contribution in [0.1, 0.15) is 45.4 Å². The highest BCUT2D eigenvalue weighted by Crippen LogP contribution is 2.06. The number of imidazole rings is 1. The summed E-state index contributed by atoms with van der Waals surface area (Å²) in [5.41, 5.74) is 0. The smallest absolute Gasteiger partial charge is 0.418 e. The molecule has 0 saturated carbocycles. The van der Waals surface area contributed by atoms with E-state index in [1.54, 1.807) is 0 Å². The molecule has 0 amide bonds. The van der Waals surface area contributed by atoms with Crippen LogP contribution in [-0.4, -0.2) is 11.8 Å². The fourth-order valence-electron chi connectivity index (χ4n) is 1.90. The first kappa shape index (κ1) is 19.7. The highest BCUT2D eigenvalue weighted by molar-refractivity contribution is 6.50. The number of aryl methyl sites for hydroxylation is 1. The maximum Gasteiger partial charge on any atom is 0.673 e. The molecular formula is C14H25BF4N2. The van der Waals surface area contributed by atoms with Crippen molar-refractivity contribution in [2.24, 2.45) is 0 Å². The number of allylic oxidation sites excluding steroid dienone is 1. The molecule has 0 fully saturated rings. The first-order valence-corrected chi connectivity index (χ1v) is 7.40. The van der Waals surface area contributed by atoms with Gasteiger partial charge in [0.25, 0.3) is 0 Å². The summed E-state index contributed by atoms with van der Waals surface area (Å²) in [5, 5.41) is 0. The second-order valence-electron chi connectivity index (χ2n) is 4.90. The van der Waals surface area contributed by atoms with E-state index in [4.69, 9.17) is 0 Å². The molecule has 0 aromatic carbocycles. The molecule has 0 saturated heterocycles. The third-order valence-electron chi connectivity index (χ3n) is 2.86. The van der Waals surface area contributed by atoms with Crippen molar-refractivity contribution in [1.29, 1.82) is 0 Å².